The number of nitrogens with zero attached hydrogens (tertiary/aromatic N) is 2. The van der Waals surface area contributed by atoms with Crippen LogP contribution in [0.25, 0.3) is 0 Å². The minimum atomic E-state index is 0. The molecule has 1 unspecified atom stereocenters. The molecule has 2 fully saturated rings. The first kappa shape index (κ1) is 22.0. The standard InChI is InChI=1S/C20H34N4S.HI/c1-16(14-19-8-5-13-25-19)15-22-20(21-2)23-17-9-11-24(12-10-17)18-6-3-4-7-18;/h5,8,13,16-18H,3-4,6-7,9-12,14-15H2,1-2H3,(H2,21,22,23);1H. The number of piperidine rings is 1. The van der Waals surface area contributed by atoms with Gasteiger partial charge in [0.2, 0.25) is 0 Å². The van der Waals surface area contributed by atoms with Crippen LogP contribution in [0.5, 0.6) is 0 Å². The van der Waals surface area contributed by atoms with Crippen LogP contribution in [0.3, 0.4) is 0 Å². The smallest absolute Gasteiger partial charge is 0.191 e. The fourth-order valence-corrected chi connectivity index (χ4v) is 5.05. The molecule has 6 heteroatoms. The Morgan fingerprint density at radius 1 is 1.27 bits per heavy atom. The number of hydrogen-bond donors (Lipinski definition) is 2. The quantitative estimate of drug-likeness (QED) is 0.358. The third-order valence-corrected chi connectivity index (χ3v) is 6.58. The van der Waals surface area contributed by atoms with Crippen LogP contribution in [0.4, 0.5) is 0 Å². The molecule has 2 N–H and O–H groups in total. The minimum Gasteiger partial charge on any atom is -0.356 e. The first-order valence-electron chi connectivity index (χ1n) is 9.98. The van der Waals surface area contributed by atoms with Gasteiger partial charge in [-0.05, 0) is 49.5 Å². The van der Waals surface area contributed by atoms with Gasteiger partial charge in [0.1, 0.15) is 0 Å². The van der Waals surface area contributed by atoms with E-state index in [1.807, 2.05) is 18.4 Å². The summed E-state index contributed by atoms with van der Waals surface area (Å²) in [7, 11) is 1.88. The first-order chi connectivity index (χ1) is 12.2. The van der Waals surface area contributed by atoms with Gasteiger partial charge in [0.25, 0.3) is 0 Å². The van der Waals surface area contributed by atoms with Gasteiger partial charge in [-0.25, -0.2) is 0 Å². The van der Waals surface area contributed by atoms with Crippen molar-refractivity contribution in [3.63, 3.8) is 0 Å². The largest absolute Gasteiger partial charge is 0.356 e. The zero-order valence-electron chi connectivity index (χ0n) is 16.2. The summed E-state index contributed by atoms with van der Waals surface area (Å²) in [6, 6.07) is 5.80. The molecule has 0 bridgehead atoms. The lowest BCUT2D eigenvalue weighted by Gasteiger charge is -2.36. The van der Waals surface area contributed by atoms with E-state index in [9.17, 15) is 0 Å². The number of aliphatic imine (C=N–C) groups is 1. The zero-order chi connectivity index (χ0) is 17.5. The summed E-state index contributed by atoms with van der Waals surface area (Å²) in [6.07, 6.45) is 9.32. The van der Waals surface area contributed by atoms with Crippen LogP contribution in [0, 0.1) is 5.92 Å². The Balaban J connectivity index is 0.00000243. The van der Waals surface area contributed by atoms with Crippen LogP contribution in [0.2, 0.25) is 0 Å². The van der Waals surface area contributed by atoms with E-state index < -0.39 is 0 Å². The minimum absolute atomic E-state index is 0. The Hall–Kier alpha value is -0.340. The fraction of sp³-hybridized carbons (Fsp3) is 0.750. The van der Waals surface area contributed by atoms with E-state index in [-0.39, 0.29) is 24.0 Å². The maximum absolute atomic E-state index is 4.43. The summed E-state index contributed by atoms with van der Waals surface area (Å²) in [5.74, 6) is 1.58. The number of likely N-dealkylation sites (tertiary alicyclic amines) is 1. The predicted molar refractivity (Wildman–Crippen MR) is 124 cm³/mol. The molecule has 1 aromatic rings. The van der Waals surface area contributed by atoms with Crippen molar-refractivity contribution in [1.82, 2.24) is 15.5 Å². The van der Waals surface area contributed by atoms with E-state index in [1.54, 1.807) is 0 Å². The maximum atomic E-state index is 4.43. The lowest BCUT2D eigenvalue weighted by Crippen LogP contribution is -2.50. The zero-order valence-corrected chi connectivity index (χ0v) is 19.4. The summed E-state index contributed by atoms with van der Waals surface area (Å²) >= 11 is 1.85. The van der Waals surface area contributed by atoms with Gasteiger partial charge < -0.3 is 15.5 Å². The second kappa shape index (κ2) is 11.5. The molecule has 1 aromatic heterocycles. The van der Waals surface area contributed by atoms with Gasteiger partial charge in [0, 0.05) is 43.6 Å². The Labute approximate surface area is 180 Å². The third-order valence-electron chi connectivity index (χ3n) is 5.68. The molecule has 1 atom stereocenters. The monoisotopic (exact) mass is 490 g/mol. The van der Waals surface area contributed by atoms with E-state index in [2.05, 4.69) is 45.0 Å². The number of thiophene rings is 1. The highest BCUT2D eigenvalue weighted by Gasteiger charge is 2.27. The summed E-state index contributed by atoms with van der Waals surface area (Å²) in [5.41, 5.74) is 0. The normalized spacial score (nSPS) is 21.4. The van der Waals surface area contributed by atoms with Gasteiger partial charge in [-0.2, -0.15) is 0 Å². The van der Waals surface area contributed by atoms with Gasteiger partial charge in [-0.1, -0.05) is 25.8 Å². The van der Waals surface area contributed by atoms with Crippen molar-refractivity contribution < 1.29 is 0 Å². The molecule has 4 nitrogen and oxygen atoms in total. The Bertz CT molecular complexity index is 520. The molecular weight excluding hydrogens is 455 g/mol. The predicted octanol–water partition coefficient (Wildman–Crippen LogP) is 4.12. The topological polar surface area (TPSA) is 39.7 Å². The van der Waals surface area contributed by atoms with Crippen LogP contribution >= 0.6 is 35.3 Å². The van der Waals surface area contributed by atoms with Crippen LogP contribution in [-0.4, -0.2) is 49.6 Å². The fourth-order valence-electron chi connectivity index (χ4n) is 4.18. The molecule has 0 spiro atoms. The molecule has 0 aromatic carbocycles. The molecule has 1 aliphatic carbocycles. The van der Waals surface area contributed by atoms with Crippen molar-refractivity contribution in [3.05, 3.63) is 22.4 Å². The number of hydrogen-bond acceptors (Lipinski definition) is 3. The highest BCUT2D eigenvalue weighted by Crippen LogP contribution is 2.26. The molecule has 2 heterocycles. The highest BCUT2D eigenvalue weighted by molar-refractivity contribution is 14.0. The van der Waals surface area contributed by atoms with Crippen LogP contribution in [0.1, 0.15) is 50.3 Å². The van der Waals surface area contributed by atoms with Crippen molar-refractivity contribution >= 4 is 41.3 Å². The average molecular weight is 490 g/mol. The van der Waals surface area contributed by atoms with Gasteiger partial charge in [0.15, 0.2) is 5.96 Å². The SMILES string of the molecule is CN=C(NCC(C)Cc1cccs1)NC1CCN(C2CCCC2)CC1.I. The molecule has 2 aliphatic rings. The lowest BCUT2D eigenvalue weighted by molar-refractivity contribution is 0.150. The van der Waals surface area contributed by atoms with Gasteiger partial charge >= 0.3 is 0 Å². The molecule has 1 aliphatic heterocycles. The molecule has 0 amide bonds. The molecule has 1 saturated heterocycles. The molecule has 26 heavy (non-hydrogen) atoms. The number of halogens is 1. The van der Waals surface area contributed by atoms with E-state index >= 15 is 0 Å². The summed E-state index contributed by atoms with van der Waals surface area (Å²) < 4.78 is 0. The number of guanidine groups is 1. The Morgan fingerprint density at radius 2 is 2.00 bits per heavy atom. The van der Waals surface area contributed by atoms with Gasteiger partial charge in [-0.3, -0.25) is 4.99 Å². The van der Waals surface area contributed by atoms with Crippen LogP contribution in [0.15, 0.2) is 22.5 Å². The summed E-state index contributed by atoms with van der Waals surface area (Å²) in [4.78, 5) is 8.63. The van der Waals surface area contributed by atoms with Crippen molar-refractivity contribution in [2.24, 2.45) is 10.9 Å². The molecule has 1 saturated carbocycles. The van der Waals surface area contributed by atoms with Crippen molar-refractivity contribution in [2.75, 3.05) is 26.7 Å². The average Bonchev–Trinajstić information content (AvgIpc) is 3.33. The van der Waals surface area contributed by atoms with E-state index in [0.29, 0.717) is 12.0 Å². The van der Waals surface area contributed by atoms with Gasteiger partial charge in [-0.15, -0.1) is 35.3 Å². The number of nitrogens with one attached hydrogen (secondary N) is 2. The van der Waals surface area contributed by atoms with E-state index in [4.69, 9.17) is 0 Å². The van der Waals surface area contributed by atoms with Crippen molar-refractivity contribution in [1.29, 1.82) is 0 Å². The van der Waals surface area contributed by atoms with Crippen LogP contribution in [-0.2, 0) is 6.42 Å². The second-order valence-corrected chi connectivity index (χ2v) is 8.77. The number of rotatable bonds is 6. The third kappa shape index (κ3) is 6.68. The lowest BCUT2D eigenvalue weighted by atomic mass is 10.0. The van der Waals surface area contributed by atoms with Gasteiger partial charge in [0.05, 0.1) is 0 Å². The van der Waals surface area contributed by atoms with Crippen molar-refractivity contribution in [2.45, 2.75) is 64.0 Å². The molecular formula is C20H35IN4S. The molecule has 3 rings (SSSR count). The highest BCUT2D eigenvalue weighted by atomic mass is 127. The summed E-state index contributed by atoms with van der Waals surface area (Å²) in [6.45, 7) is 5.76. The molecule has 148 valence electrons. The Kier molecular flexibility index (Phi) is 9.70. The van der Waals surface area contributed by atoms with E-state index in [1.165, 1.54) is 56.5 Å². The van der Waals surface area contributed by atoms with Crippen LogP contribution < -0.4 is 10.6 Å². The maximum Gasteiger partial charge on any atom is 0.191 e. The van der Waals surface area contributed by atoms with E-state index in [0.717, 1.165) is 25.0 Å². The first-order valence-corrected chi connectivity index (χ1v) is 10.9. The van der Waals surface area contributed by atoms with Crippen molar-refractivity contribution in [3.8, 4) is 0 Å². The Morgan fingerprint density at radius 3 is 2.62 bits per heavy atom. The summed E-state index contributed by atoms with van der Waals surface area (Å²) in [5, 5.41) is 9.33. The second-order valence-electron chi connectivity index (χ2n) is 7.73. The molecule has 0 radical (unpaired) electrons.